The first kappa shape index (κ1) is 14.6. The van der Waals surface area contributed by atoms with Gasteiger partial charge in [0.05, 0.1) is 11.6 Å². The Labute approximate surface area is 133 Å². The minimum absolute atomic E-state index is 0.600. The molecular formula is C14H19BrClN3O. The highest BCUT2D eigenvalue weighted by atomic mass is 79.9. The van der Waals surface area contributed by atoms with Crippen LogP contribution >= 0.6 is 27.5 Å². The van der Waals surface area contributed by atoms with Crippen molar-refractivity contribution in [2.45, 2.75) is 18.9 Å². The minimum atomic E-state index is 0.600. The smallest absolute Gasteiger partial charge is 0.147 e. The van der Waals surface area contributed by atoms with Crippen molar-refractivity contribution in [3.8, 4) is 0 Å². The maximum atomic E-state index is 6.31. The molecule has 0 saturated carbocycles. The summed E-state index contributed by atoms with van der Waals surface area (Å²) >= 11 is 9.71. The van der Waals surface area contributed by atoms with Gasteiger partial charge in [0.25, 0.3) is 0 Å². The summed E-state index contributed by atoms with van der Waals surface area (Å²) < 4.78 is 6.42. The number of aromatic nitrogens is 1. The van der Waals surface area contributed by atoms with E-state index in [0.29, 0.717) is 6.04 Å². The molecule has 1 aromatic rings. The van der Waals surface area contributed by atoms with E-state index in [0.717, 1.165) is 67.5 Å². The summed E-state index contributed by atoms with van der Waals surface area (Å²) in [6.45, 7) is 5.98. The monoisotopic (exact) mass is 359 g/mol. The van der Waals surface area contributed by atoms with Gasteiger partial charge in [-0.05, 0) is 34.8 Å². The number of nitrogens with zero attached hydrogens (tertiary/aromatic N) is 3. The molecule has 1 unspecified atom stereocenters. The predicted octanol–water partition coefficient (Wildman–Crippen LogP) is 2.80. The Bertz CT molecular complexity index is 468. The second-order valence-corrected chi connectivity index (χ2v) is 6.68. The summed E-state index contributed by atoms with van der Waals surface area (Å²) in [5, 5.41) is 0.719. The van der Waals surface area contributed by atoms with Crippen molar-refractivity contribution < 1.29 is 4.74 Å². The topological polar surface area (TPSA) is 28.6 Å². The van der Waals surface area contributed by atoms with Crippen molar-refractivity contribution in [3.05, 3.63) is 21.8 Å². The van der Waals surface area contributed by atoms with E-state index in [1.807, 2.05) is 12.3 Å². The van der Waals surface area contributed by atoms with Gasteiger partial charge in [-0.15, -0.1) is 0 Å². The SMILES string of the molecule is Clc1cc(Br)cnc1N1CCCN(C2CCOC2)CC1. The molecule has 0 radical (unpaired) electrons. The highest BCUT2D eigenvalue weighted by Crippen LogP contribution is 2.27. The normalized spacial score (nSPS) is 24.9. The number of halogens is 2. The Balaban J connectivity index is 1.67. The Hall–Kier alpha value is -0.360. The molecule has 2 fully saturated rings. The fourth-order valence-corrected chi connectivity index (χ4v) is 3.71. The predicted molar refractivity (Wildman–Crippen MR) is 84.6 cm³/mol. The lowest BCUT2D eigenvalue weighted by Crippen LogP contribution is -2.38. The van der Waals surface area contributed by atoms with Gasteiger partial charge in [-0.1, -0.05) is 11.6 Å². The summed E-state index contributed by atoms with van der Waals surface area (Å²) in [6, 6.07) is 2.51. The molecule has 0 N–H and O–H groups in total. The summed E-state index contributed by atoms with van der Waals surface area (Å²) in [4.78, 5) is 9.32. The van der Waals surface area contributed by atoms with Crippen molar-refractivity contribution >= 4 is 33.3 Å². The molecule has 1 aromatic heterocycles. The van der Waals surface area contributed by atoms with Crippen LogP contribution in [0.5, 0.6) is 0 Å². The second-order valence-electron chi connectivity index (χ2n) is 5.35. The van der Waals surface area contributed by atoms with Crippen LogP contribution in [0, 0.1) is 0 Å². The molecular weight excluding hydrogens is 342 g/mol. The molecule has 1 atom stereocenters. The molecule has 0 aliphatic carbocycles. The van der Waals surface area contributed by atoms with Crippen LogP contribution in [-0.2, 0) is 4.74 Å². The zero-order valence-electron chi connectivity index (χ0n) is 11.4. The average molecular weight is 361 g/mol. The van der Waals surface area contributed by atoms with E-state index in [4.69, 9.17) is 16.3 Å². The van der Waals surface area contributed by atoms with Gasteiger partial charge in [-0.2, -0.15) is 0 Å². The van der Waals surface area contributed by atoms with E-state index in [-0.39, 0.29) is 0 Å². The van der Waals surface area contributed by atoms with Gasteiger partial charge in [0.1, 0.15) is 5.82 Å². The van der Waals surface area contributed by atoms with Crippen molar-refractivity contribution in [3.63, 3.8) is 0 Å². The zero-order valence-corrected chi connectivity index (χ0v) is 13.7. The van der Waals surface area contributed by atoms with Crippen LogP contribution in [0.15, 0.2) is 16.7 Å². The first-order chi connectivity index (χ1) is 9.74. The average Bonchev–Trinajstić information content (AvgIpc) is 2.85. The zero-order chi connectivity index (χ0) is 13.9. The third-order valence-corrected chi connectivity index (χ3v) is 4.75. The number of rotatable bonds is 2. The third-order valence-electron chi connectivity index (χ3n) is 4.04. The molecule has 2 aliphatic heterocycles. The van der Waals surface area contributed by atoms with Crippen LogP contribution < -0.4 is 4.90 Å². The van der Waals surface area contributed by atoms with E-state index < -0.39 is 0 Å². The van der Waals surface area contributed by atoms with Crippen molar-refractivity contribution in [2.24, 2.45) is 0 Å². The van der Waals surface area contributed by atoms with Crippen LogP contribution in [-0.4, -0.2) is 55.3 Å². The number of pyridine rings is 1. The van der Waals surface area contributed by atoms with E-state index in [1.165, 1.54) is 0 Å². The molecule has 110 valence electrons. The van der Waals surface area contributed by atoms with Gasteiger partial charge in [0, 0.05) is 49.5 Å². The minimum Gasteiger partial charge on any atom is -0.380 e. The first-order valence-electron chi connectivity index (χ1n) is 7.12. The molecule has 2 aliphatic rings. The standard InChI is InChI=1S/C14H19BrClN3O/c15-11-8-13(16)14(17-9-11)19-4-1-3-18(5-6-19)12-2-7-20-10-12/h8-9,12H,1-7,10H2. The van der Waals surface area contributed by atoms with E-state index in [2.05, 4.69) is 30.7 Å². The highest BCUT2D eigenvalue weighted by molar-refractivity contribution is 9.10. The molecule has 2 saturated heterocycles. The molecule has 0 amide bonds. The quantitative estimate of drug-likeness (QED) is 0.811. The number of anilines is 1. The Morgan fingerprint density at radius 3 is 2.95 bits per heavy atom. The summed E-state index contributed by atoms with van der Waals surface area (Å²) in [5.41, 5.74) is 0. The highest BCUT2D eigenvalue weighted by Gasteiger charge is 2.26. The van der Waals surface area contributed by atoms with Crippen LogP contribution in [0.25, 0.3) is 0 Å². The molecule has 3 heterocycles. The maximum Gasteiger partial charge on any atom is 0.147 e. The maximum absolute atomic E-state index is 6.31. The molecule has 3 rings (SSSR count). The van der Waals surface area contributed by atoms with Gasteiger partial charge in [-0.3, -0.25) is 4.90 Å². The summed E-state index contributed by atoms with van der Waals surface area (Å²) in [7, 11) is 0. The van der Waals surface area contributed by atoms with Gasteiger partial charge in [-0.25, -0.2) is 4.98 Å². The fraction of sp³-hybridized carbons (Fsp3) is 0.643. The number of hydrogen-bond acceptors (Lipinski definition) is 4. The van der Waals surface area contributed by atoms with Crippen molar-refractivity contribution in [2.75, 3.05) is 44.3 Å². The lowest BCUT2D eigenvalue weighted by Gasteiger charge is -2.26. The Morgan fingerprint density at radius 2 is 2.20 bits per heavy atom. The molecule has 0 spiro atoms. The molecule has 0 bridgehead atoms. The van der Waals surface area contributed by atoms with Crippen LogP contribution in [0.1, 0.15) is 12.8 Å². The summed E-state index contributed by atoms with van der Waals surface area (Å²) in [6.07, 6.45) is 4.12. The van der Waals surface area contributed by atoms with E-state index >= 15 is 0 Å². The van der Waals surface area contributed by atoms with Gasteiger partial charge in [0.15, 0.2) is 0 Å². The van der Waals surface area contributed by atoms with Crippen LogP contribution in [0.4, 0.5) is 5.82 Å². The number of ether oxygens (including phenoxy) is 1. The summed E-state index contributed by atoms with van der Waals surface area (Å²) in [5.74, 6) is 0.902. The Morgan fingerprint density at radius 1 is 1.30 bits per heavy atom. The molecule has 4 nitrogen and oxygen atoms in total. The van der Waals surface area contributed by atoms with Gasteiger partial charge in [0.2, 0.25) is 0 Å². The van der Waals surface area contributed by atoms with Gasteiger partial charge >= 0.3 is 0 Å². The largest absolute Gasteiger partial charge is 0.380 e. The van der Waals surface area contributed by atoms with Crippen LogP contribution in [0.2, 0.25) is 5.02 Å². The molecule has 6 heteroatoms. The first-order valence-corrected chi connectivity index (χ1v) is 8.29. The van der Waals surface area contributed by atoms with Crippen LogP contribution in [0.3, 0.4) is 0 Å². The third kappa shape index (κ3) is 3.27. The fourth-order valence-electron chi connectivity index (χ4n) is 2.96. The van der Waals surface area contributed by atoms with Gasteiger partial charge < -0.3 is 9.64 Å². The van der Waals surface area contributed by atoms with E-state index in [1.54, 1.807) is 0 Å². The molecule has 20 heavy (non-hydrogen) atoms. The number of hydrogen-bond donors (Lipinski definition) is 0. The molecule has 0 aromatic carbocycles. The van der Waals surface area contributed by atoms with E-state index in [9.17, 15) is 0 Å². The van der Waals surface area contributed by atoms with Crippen molar-refractivity contribution in [1.82, 2.24) is 9.88 Å². The Kier molecular flexibility index (Phi) is 4.81. The lowest BCUT2D eigenvalue weighted by molar-refractivity contribution is 0.148. The lowest BCUT2D eigenvalue weighted by atomic mass is 10.2. The van der Waals surface area contributed by atoms with Crippen molar-refractivity contribution in [1.29, 1.82) is 0 Å². The second kappa shape index (κ2) is 6.60.